The van der Waals surface area contributed by atoms with Gasteiger partial charge in [0, 0.05) is 50.1 Å². The lowest BCUT2D eigenvalue weighted by Gasteiger charge is -2.32. The highest BCUT2D eigenvalue weighted by Crippen LogP contribution is 2.34. The maximum atomic E-state index is 12.1. The Balaban J connectivity index is 0.000000303. The number of ether oxygens (including phenoxy) is 1. The van der Waals surface area contributed by atoms with Crippen LogP contribution in [0.15, 0.2) is 22.9 Å². The molecule has 3 N–H and O–H groups in total. The summed E-state index contributed by atoms with van der Waals surface area (Å²) in [6.45, 7) is 8.25. The van der Waals surface area contributed by atoms with Crippen molar-refractivity contribution < 1.29 is 23.3 Å². The summed E-state index contributed by atoms with van der Waals surface area (Å²) in [5.74, 6) is 1.73. The molecule has 4 heterocycles. The monoisotopic (exact) mass is 541 g/mol. The number of likely N-dealkylation sites (tertiary alicyclic amines) is 1. The first kappa shape index (κ1) is 28.4. The Morgan fingerprint density at radius 1 is 1.22 bits per heavy atom. The predicted molar refractivity (Wildman–Crippen MR) is 140 cm³/mol. The molecule has 2 fully saturated rings. The van der Waals surface area contributed by atoms with Gasteiger partial charge >= 0.3 is 6.09 Å². The van der Waals surface area contributed by atoms with Crippen molar-refractivity contribution in [3.8, 4) is 11.3 Å². The number of aromatic nitrogens is 2. The number of amides is 1. The topological polar surface area (TPSA) is 135 Å². The smallest absolute Gasteiger partial charge is 0.410 e. The van der Waals surface area contributed by atoms with Crippen LogP contribution in [-0.2, 0) is 15.7 Å². The van der Waals surface area contributed by atoms with E-state index in [0.717, 1.165) is 32.2 Å². The van der Waals surface area contributed by atoms with E-state index in [9.17, 15) is 9.00 Å². The molecule has 36 heavy (non-hydrogen) atoms. The Morgan fingerprint density at radius 2 is 1.92 bits per heavy atom. The Labute approximate surface area is 219 Å². The zero-order valence-electron chi connectivity index (χ0n) is 21.3. The molecule has 2 unspecified atom stereocenters. The number of carbonyl (C=O) groups is 1. The quantitative estimate of drug-likeness (QED) is 0.598. The van der Waals surface area contributed by atoms with Crippen LogP contribution < -0.4 is 5.73 Å². The minimum atomic E-state index is -0.899. The average molecular weight is 542 g/mol. The van der Waals surface area contributed by atoms with E-state index < -0.39 is 16.6 Å². The largest absolute Gasteiger partial charge is 0.444 e. The number of nitrogens with zero attached hydrogens (tertiary/aromatic N) is 4. The molecule has 10 nitrogen and oxygen atoms in total. The third kappa shape index (κ3) is 8.16. The molecular weight excluding hydrogens is 506 g/mol. The maximum absolute atomic E-state index is 12.1. The Morgan fingerprint density at radius 3 is 2.50 bits per heavy atom. The SMILES string of the molecule is CC(C)(C)OC(=O)N1CCC(c2ncc(-c3cc(N)ncc3Cl)o2)CC1.CS(=O)N1CCCC(O)C1. The van der Waals surface area contributed by atoms with Crippen LogP contribution in [0.1, 0.15) is 58.3 Å². The highest BCUT2D eigenvalue weighted by Gasteiger charge is 2.29. The van der Waals surface area contributed by atoms with Gasteiger partial charge in [-0.15, -0.1) is 0 Å². The summed E-state index contributed by atoms with van der Waals surface area (Å²) in [5, 5.41) is 9.61. The highest BCUT2D eigenvalue weighted by atomic mass is 35.5. The van der Waals surface area contributed by atoms with Gasteiger partial charge in [-0.05, 0) is 52.5 Å². The Hall–Kier alpha value is -2.21. The molecule has 0 radical (unpaired) electrons. The van der Waals surface area contributed by atoms with Gasteiger partial charge in [-0.25, -0.2) is 23.3 Å². The molecule has 4 rings (SSSR count). The molecule has 2 aliphatic heterocycles. The molecule has 0 bridgehead atoms. The number of carbonyl (C=O) groups excluding carboxylic acids is 1. The number of β-amino-alcohol motifs (C(OH)–C–C–N with tert-alkyl or cyclic N) is 1. The number of nitrogen functional groups attached to an aromatic ring is 1. The van der Waals surface area contributed by atoms with Gasteiger partial charge in [0.2, 0.25) is 0 Å². The van der Waals surface area contributed by atoms with Crippen LogP contribution in [0, 0.1) is 0 Å². The van der Waals surface area contributed by atoms with E-state index in [1.165, 1.54) is 6.20 Å². The molecule has 0 aliphatic carbocycles. The molecule has 2 aliphatic rings. The van der Waals surface area contributed by atoms with Crippen LogP contribution in [0.5, 0.6) is 0 Å². The van der Waals surface area contributed by atoms with E-state index in [1.54, 1.807) is 27.7 Å². The second kappa shape index (κ2) is 12.4. The number of piperidine rings is 2. The highest BCUT2D eigenvalue weighted by molar-refractivity contribution is 7.81. The Bertz CT molecular complexity index is 1050. The first-order valence-corrected chi connectivity index (χ1v) is 13.9. The molecular formula is C24H36ClN5O5S. The number of oxazole rings is 1. The average Bonchev–Trinajstić information content (AvgIpc) is 3.30. The number of pyridine rings is 1. The van der Waals surface area contributed by atoms with Crippen LogP contribution >= 0.6 is 11.6 Å². The van der Waals surface area contributed by atoms with Crippen molar-refractivity contribution in [2.45, 2.75) is 64.1 Å². The van der Waals surface area contributed by atoms with Crippen molar-refractivity contribution in [2.75, 3.05) is 38.2 Å². The molecule has 0 saturated carbocycles. The number of halogens is 1. The van der Waals surface area contributed by atoms with Gasteiger partial charge in [0.15, 0.2) is 11.7 Å². The van der Waals surface area contributed by atoms with E-state index in [1.807, 2.05) is 20.8 Å². The number of aliphatic hydroxyl groups is 1. The zero-order valence-corrected chi connectivity index (χ0v) is 22.8. The van der Waals surface area contributed by atoms with Crippen molar-refractivity contribution in [1.29, 1.82) is 0 Å². The summed E-state index contributed by atoms with van der Waals surface area (Å²) in [7, 11) is -0.899. The molecule has 2 aromatic rings. The lowest BCUT2D eigenvalue weighted by Crippen LogP contribution is -2.41. The fraction of sp³-hybridized carbons (Fsp3) is 0.625. The van der Waals surface area contributed by atoms with Gasteiger partial charge in [0.25, 0.3) is 0 Å². The summed E-state index contributed by atoms with van der Waals surface area (Å²) < 4.78 is 24.0. The normalized spacial score (nSPS) is 20.4. The summed E-state index contributed by atoms with van der Waals surface area (Å²) in [6, 6.07) is 1.66. The van der Waals surface area contributed by atoms with Crippen LogP contribution in [0.2, 0.25) is 5.02 Å². The first-order valence-electron chi connectivity index (χ1n) is 12.0. The fourth-order valence-electron chi connectivity index (χ4n) is 4.03. The summed E-state index contributed by atoms with van der Waals surface area (Å²) in [4.78, 5) is 22.2. The van der Waals surface area contributed by atoms with Gasteiger partial charge in [0.1, 0.15) is 11.4 Å². The molecule has 2 saturated heterocycles. The fourth-order valence-corrected chi connectivity index (χ4v) is 5.00. The van der Waals surface area contributed by atoms with E-state index in [4.69, 9.17) is 31.6 Å². The summed E-state index contributed by atoms with van der Waals surface area (Å²) in [5.41, 5.74) is 5.90. The van der Waals surface area contributed by atoms with E-state index in [2.05, 4.69) is 9.97 Å². The standard InChI is InChI=1S/C18H23ClN4O3.C6H13NO2S/c1-18(2,3)26-17(24)23-6-4-11(5-7-23)16-22-10-14(25-16)12-8-15(20)21-9-13(12)19;1-10(9)7-4-2-3-6(8)5-7/h8-11H,4-7H2,1-3H3,(H2,20,21);6,8H,2-5H2,1H3. The van der Waals surface area contributed by atoms with Gasteiger partial charge in [-0.2, -0.15) is 0 Å². The van der Waals surface area contributed by atoms with Gasteiger partial charge in [-0.3, -0.25) is 0 Å². The molecule has 200 valence electrons. The molecule has 2 aromatic heterocycles. The van der Waals surface area contributed by atoms with Gasteiger partial charge < -0.3 is 24.9 Å². The maximum Gasteiger partial charge on any atom is 0.410 e. The van der Waals surface area contributed by atoms with Crippen molar-refractivity contribution >= 4 is 34.5 Å². The number of nitrogens with two attached hydrogens (primary N) is 1. The van der Waals surface area contributed by atoms with Crippen LogP contribution in [0.25, 0.3) is 11.3 Å². The lowest BCUT2D eigenvalue weighted by atomic mass is 9.97. The number of aliphatic hydroxyl groups excluding tert-OH is 1. The number of rotatable bonds is 3. The van der Waals surface area contributed by atoms with Crippen molar-refractivity contribution in [1.82, 2.24) is 19.2 Å². The minimum absolute atomic E-state index is 0.153. The third-order valence-electron chi connectivity index (χ3n) is 5.88. The van der Waals surface area contributed by atoms with Crippen molar-refractivity contribution in [3.63, 3.8) is 0 Å². The molecule has 12 heteroatoms. The van der Waals surface area contributed by atoms with Gasteiger partial charge in [0.05, 0.1) is 28.3 Å². The molecule has 2 atom stereocenters. The summed E-state index contributed by atoms with van der Waals surface area (Å²) in [6.07, 6.45) is 7.61. The van der Waals surface area contributed by atoms with E-state index in [-0.39, 0.29) is 18.1 Å². The van der Waals surface area contributed by atoms with Crippen molar-refractivity contribution in [2.24, 2.45) is 0 Å². The zero-order chi connectivity index (χ0) is 26.5. The van der Waals surface area contributed by atoms with Crippen molar-refractivity contribution in [3.05, 3.63) is 29.4 Å². The predicted octanol–water partition coefficient (Wildman–Crippen LogP) is 3.82. The minimum Gasteiger partial charge on any atom is -0.444 e. The number of hydrogen-bond donors (Lipinski definition) is 2. The van der Waals surface area contributed by atoms with Crippen LogP contribution in [-0.4, -0.2) is 78.7 Å². The molecule has 0 spiro atoms. The second-order valence-electron chi connectivity index (χ2n) is 10.0. The number of hydrogen-bond acceptors (Lipinski definition) is 8. The van der Waals surface area contributed by atoms with E-state index >= 15 is 0 Å². The number of anilines is 1. The first-order chi connectivity index (χ1) is 16.9. The van der Waals surface area contributed by atoms with Crippen LogP contribution in [0.3, 0.4) is 0 Å². The van der Waals surface area contributed by atoms with Crippen LogP contribution in [0.4, 0.5) is 10.6 Å². The lowest BCUT2D eigenvalue weighted by molar-refractivity contribution is 0.0199. The van der Waals surface area contributed by atoms with E-state index in [0.29, 0.717) is 47.7 Å². The molecule has 1 amide bonds. The second-order valence-corrected chi connectivity index (χ2v) is 11.8. The molecule has 0 aromatic carbocycles. The third-order valence-corrected chi connectivity index (χ3v) is 7.24. The Kier molecular flexibility index (Phi) is 9.73. The summed E-state index contributed by atoms with van der Waals surface area (Å²) >= 11 is 6.17. The van der Waals surface area contributed by atoms with Gasteiger partial charge in [-0.1, -0.05) is 11.6 Å².